The van der Waals surface area contributed by atoms with Crippen molar-refractivity contribution in [3.63, 3.8) is 0 Å². The van der Waals surface area contributed by atoms with E-state index in [0.29, 0.717) is 19.0 Å². The number of aliphatic hydroxyl groups is 1. The van der Waals surface area contributed by atoms with Gasteiger partial charge in [-0.05, 0) is 33.6 Å². The van der Waals surface area contributed by atoms with Gasteiger partial charge in [0.25, 0.3) is 0 Å². The number of nitrogens with zero attached hydrogens (tertiary/aromatic N) is 1. The molecule has 0 aliphatic heterocycles. The van der Waals surface area contributed by atoms with Gasteiger partial charge in [-0.1, -0.05) is 20.3 Å². The summed E-state index contributed by atoms with van der Waals surface area (Å²) in [7, 11) is 0. The van der Waals surface area contributed by atoms with Crippen molar-refractivity contribution in [1.29, 1.82) is 0 Å². The average molecular weight is 245 g/mol. The molecule has 0 aromatic rings. The minimum Gasteiger partial charge on any atom is -0.444 e. The Balaban J connectivity index is 4.50. The van der Waals surface area contributed by atoms with E-state index in [-0.39, 0.29) is 6.09 Å². The molecule has 17 heavy (non-hydrogen) atoms. The number of carbonyl (C=O) groups excluding carboxylic acids is 1. The van der Waals surface area contributed by atoms with Gasteiger partial charge >= 0.3 is 6.09 Å². The summed E-state index contributed by atoms with van der Waals surface area (Å²) in [5, 5.41) is 9.41. The van der Waals surface area contributed by atoms with E-state index in [1.54, 1.807) is 11.8 Å². The van der Waals surface area contributed by atoms with Gasteiger partial charge in [-0.3, -0.25) is 0 Å². The Morgan fingerprint density at radius 2 is 1.82 bits per heavy atom. The van der Waals surface area contributed by atoms with E-state index in [0.717, 1.165) is 6.42 Å². The minimum absolute atomic E-state index is 0.319. The highest BCUT2D eigenvalue weighted by Gasteiger charge is 2.23. The Hall–Kier alpha value is -0.770. The van der Waals surface area contributed by atoms with Crippen molar-refractivity contribution in [1.82, 2.24) is 4.90 Å². The number of ether oxygens (including phenoxy) is 1. The normalized spacial score (nSPS) is 15.2. The molecule has 2 atom stereocenters. The highest BCUT2D eigenvalue weighted by molar-refractivity contribution is 5.68. The zero-order valence-electron chi connectivity index (χ0n) is 12.0. The minimum atomic E-state index is -0.536. The fraction of sp³-hybridized carbons (Fsp3) is 0.923. The first-order chi connectivity index (χ1) is 7.65. The second-order valence-electron chi connectivity index (χ2n) is 5.75. The highest BCUT2D eigenvalue weighted by Crippen LogP contribution is 2.12. The maximum absolute atomic E-state index is 11.9. The molecule has 0 saturated heterocycles. The molecule has 0 fully saturated rings. The molecule has 0 spiro atoms. The van der Waals surface area contributed by atoms with E-state index in [9.17, 15) is 9.90 Å². The van der Waals surface area contributed by atoms with Crippen molar-refractivity contribution < 1.29 is 14.6 Å². The van der Waals surface area contributed by atoms with Crippen molar-refractivity contribution in [3.8, 4) is 0 Å². The van der Waals surface area contributed by atoms with Crippen LogP contribution in [0.4, 0.5) is 4.79 Å². The number of carbonyl (C=O) groups is 1. The van der Waals surface area contributed by atoms with Gasteiger partial charge in [-0.2, -0.15) is 0 Å². The Kier molecular flexibility index (Phi) is 6.53. The zero-order chi connectivity index (χ0) is 13.6. The second-order valence-corrected chi connectivity index (χ2v) is 5.75. The zero-order valence-corrected chi connectivity index (χ0v) is 12.0. The fourth-order valence-corrected chi connectivity index (χ4v) is 1.37. The summed E-state index contributed by atoms with van der Waals surface area (Å²) >= 11 is 0. The van der Waals surface area contributed by atoms with Crippen molar-refractivity contribution in [2.75, 3.05) is 13.1 Å². The van der Waals surface area contributed by atoms with Gasteiger partial charge in [0.2, 0.25) is 0 Å². The standard InChI is InChI=1S/C13H27NO3/c1-7-10(2)8-14(9-11(3)15)12(16)17-13(4,5)6/h10-11,15H,7-9H2,1-6H3. The van der Waals surface area contributed by atoms with Crippen molar-refractivity contribution >= 4 is 6.09 Å². The molecule has 0 aliphatic rings. The number of hydrogen-bond donors (Lipinski definition) is 1. The third-order valence-corrected chi connectivity index (χ3v) is 2.37. The van der Waals surface area contributed by atoms with Gasteiger partial charge < -0.3 is 14.7 Å². The van der Waals surface area contributed by atoms with Crippen LogP contribution in [0.25, 0.3) is 0 Å². The van der Waals surface area contributed by atoms with Gasteiger partial charge in [-0.25, -0.2) is 4.79 Å². The summed E-state index contributed by atoms with van der Waals surface area (Å²) in [6, 6.07) is 0. The third-order valence-electron chi connectivity index (χ3n) is 2.37. The van der Waals surface area contributed by atoms with Gasteiger partial charge in [0.15, 0.2) is 0 Å². The van der Waals surface area contributed by atoms with Crippen LogP contribution in [-0.4, -0.2) is 40.9 Å². The van der Waals surface area contributed by atoms with Crippen LogP contribution in [-0.2, 0) is 4.74 Å². The third kappa shape index (κ3) is 8.02. The smallest absolute Gasteiger partial charge is 0.410 e. The number of aliphatic hydroxyl groups excluding tert-OH is 1. The summed E-state index contributed by atoms with van der Waals surface area (Å²) in [5.41, 5.74) is -0.497. The highest BCUT2D eigenvalue weighted by atomic mass is 16.6. The first-order valence-corrected chi connectivity index (χ1v) is 6.31. The van der Waals surface area contributed by atoms with E-state index in [4.69, 9.17) is 4.74 Å². The van der Waals surface area contributed by atoms with Crippen molar-refractivity contribution in [2.45, 2.75) is 59.7 Å². The Bertz CT molecular complexity index is 233. The van der Waals surface area contributed by atoms with E-state index >= 15 is 0 Å². The first-order valence-electron chi connectivity index (χ1n) is 6.31. The molecule has 2 unspecified atom stereocenters. The summed E-state index contributed by atoms with van der Waals surface area (Å²) in [6.45, 7) is 12.3. The van der Waals surface area contributed by atoms with Crippen LogP contribution >= 0.6 is 0 Å². The Labute approximate surface area is 105 Å². The largest absolute Gasteiger partial charge is 0.444 e. The lowest BCUT2D eigenvalue weighted by Gasteiger charge is -2.29. The molecule has 0 bridgehead atoms. The van der Waals surface area contributed by atoms with Gasteiger partial charge in [0.1, 0.15) is 5.60 Å². The fourth-order valence-electron chi connectivity index (χ4n) is 1.37. The quantitative estimate of drug-likeness (QED) is 0.810. The predicted molar refractivity (Wildman–Crippen MR) is 68.9 cm³/mol. The summed E-state index contributed by atoms with van der Waals surface area (Å²) in [5.74, 6) is 0.404. The topological polar surface area (TPSA) is 49.8 Å². The Morgan fingerprint density at radius 3 is 2.18 bits per heavy atom. The van der Waals surface area contributed by atoms with Gasteiger partial charge in [0, 0.05) is 13.1 Å². The maximum Gasteiger partial charge on any atom is 0.410 e. The van der Waals surface area contributed by atoms with E-state index in [1.165, 1.54) is 0 Å². The molecule has 102 valence electrons. The van der Waals surface area contributed by atoms with Gasteiger partial charge in [0.05, 0.1) is 6.10 Å². The number of amides is 1. The van der Waals surface area contributed by atoms with Crippen LogP contribution in [0, 0.1) is 5.92 Å². The molecule has 0 saturated carbocycles. The Morgan fingerprint density at radius 1 is 1.29 bits per heavy atom. The van der Waals surface area contributed by atoms with Crippen LogP contribution in [0.1, 0.15) is 48.0 Å². The molecule has 1 amide bonds. The van der Waals surface area contributed by atoms with Crippen molar-refractivity contribution in [3.05, 3.63) is 0 Å². The molecule has 0 rings (SSSR count). The molecule has 0 aliphatic carbocycles. The molecule has 4 nitrogen and oxygen atoms in total. The lowest BCUT2D eigenvalue weighted by Crippen LogP contribution is -2.42. The van der Waals surface area contributed by atoms with Crippen LogP contribution < -0.4 is 0 Å². The number of hydrogen-bond acceptors (Lipinski definition) is 3. The molecule has 0 aromatic heterocycles. The van der Waals surface area contributed by atoms with Crippen LogP contribution in [0.15, 0.2) is 0 Å². The first kappa shape index (κ1) is 16.2. The molecule has 4 heteroatoms. The maximum atomic E-state index is 11.9. The van der Waals surface area contributed by atoms with Crippen LogP contribution in [0.5, 0.6) is 0 Å². The SMILES string of the molecule is CCC(C)CN(CC(C)O)C(=O)OC(C)(C)C. The van der Waals surface area contributed by atoms with E-state index < -0.39 is 11.7 Å². The monoisotopic (exact) mass is 245 g/mol. The summed E-state index contributed by atoms with van der Waals surface area (Å²) < 4.78 is 5.32. The molecule has 0 heterocycles. The lowest BCUT2D eigenvalue weighted by molar-refractivity contribution is 0.0131. The molecule has 1 N–H and O–H groups in total. The number of rotatable bonds is 5. The second kappa shape index (κ2) is 6.84. The van der Waals surface area contributed by atoms with Crippen LogP contribution in [0.2, 0.25) is 0 Å². The molecule has 0 radical (unpaired) electrons. The molecular weight excluding hydrogens is 218 g/mol. The van der Waals surface area contributed by atoms with Gasteiger partial charge in [-0.15, -0.1) is 0 Å². The average Bonchev–Trinajstić information content (AvgIpc) is 2.13. The summed E-state index contributed by atoms with van der Waals surface area (Å²) in [4.78, 5) is 13.5. The molecular formula is C13H27NO3. The molecule has 0 aromatic carbocycles. The summed E-state index contributed by atoms with van der Waals surface area (Å²) in [6.07, 6.45) is 0.115. The predicted octanol–water partition coefficient (Wildman–Crippen LogP) is 2.65. The van der Waals surface area contributed by atoms with Crippen molar-refractivity contribution in [2.24, 2.45) is 5.92 Å². The van der Waals surface area contributed by atoms with E-state index in [2.05, 4.69) is 13.8 Å². The van der Waals surface area contributed by atoms with E-state index in [1.807, 2.05) is 20.8 Å². The van der Waals surface area contributed by atoms with Crippen LogP contribution in [0.3, 0.4) is 0 Å². The lowest BCUT2D eigenvalue weighted by atomic mass is 10.1.